The number of aromatic hydroxyl groups is 1. The van der Waals surface area contributed by atoms with Crippen molar-refractivity contribution in [1.29, 1.82) is 0 Å². The molecule has 1 aliphatic rings. The molecule has 1 fully saturated rings. The summed E-state index contributed by atoms with van der Waals surface area (Å²) in [6, 6.07) is 37.7. The highest BCUT2D eigenvalue weighted by Crippen LogP contribution is 2.21. The van der Waals surface area contributed by atoms with Gasteiger partial charge < -0.3 is 15.3 Å². The lowest BCUT2D eigenvalue weighted by Crippen LogP contribution is -2.74. The fraction of sp³-hybridized carbons (Fsp3) is 0.286. The van der Waals surface area contributed by atoms with E-state index in [-0.39, 0.29) is 11.9 Å². The smallest absolute Gasteiger partial charge is 0.239 e. The molecule has 40 heavy (non-hydrogen) atoms. The number of rotatable bonds is 10. The van der Waals surface area contributed by atoms with Crippen LogP contribution in [-0.2, 0) is 11.3 Å². The number of nitrogens with zero attached hydrogens (tertiary/aromatic N) is 1. The van der Waals surface area contributed by atoms with Crippen LogP contribution >= 0.6 is 0 Å². The molecule has 1 saturated heterocycles. The van der Waals surface area contributed by atoms with Crippen molar-refractivity contribution in [1.82, 2.24) is 10.2 Å². The van der Waals surface area contributed by atoms with Gasteiger partial charge in [-0.15, -0.1) is 0 Å². The first-order chi connectivity index (χ1) is 19.5. The molecule has 1 amide bonds. The van der Waals surface area contributed by atoms with Crippen molar-refractivity contribution in [3.8, 4) is 5.75 Å². The van der Waals surface area contributed by atoms with Crippen molar-refractivity contribution in [2.75, 3.05) is 13.1 Å². The predicted octanol–water partition coefficient (Wildman–Crippen LogP) is 3.90. The minimum Gasteiger partial charge on any atom is -0.508 e. The molecule has 206 valence electrons. The van der Waals surface area contributed by atoms with Crippen molar-refractivity contribution >= 4 is 34.7 Å². The summed E-state index contributed by atoms with van der Waals surface area (Å²) in [6.45, 7) is 6.43. The molecule has 5 rings (SSSR count). The fourth-order valence-corrected chi connectivity index (χ4v) is 11.1. The summed E-state index contributed by atoms with van der Waals surface area (Å²) in [5.74, 6) is 0.886. The summed E-state index contributed by atoms with van der Waals surface area (Å²) in [7, 11) is -2.85. The van der Waals surface area contributed by atoms with E-state index in [9.17, 15) is 9.90 Å². The number of para-hydroxylation sites is 1. The van der Waals surface area contributed by atoms with Gasteiger partial charge in [-0.1, -0.05) is 123 Å². The number of carbonyl (C=O) groups excluding carboxylic acids is 1. The van der Waals surface area contributed by atoms with Crippen LogP contribution in [0.4, 0.5) is 0 Å². The minimum atomic E-state index is -2.85. The molecule has 5 heteroatoms. The van der Waals surface area contributed by atoms with E-state index in [4.69, 9.17) is 0 Å². The van der Waals surface area contributed by atoms with E-state index in [2.05, 4.69) is 104 Å². The van der Waals surface area contributed by atoms with Crippen LogP contribution in [0.5, 0.6) is 5.75 Å². The average molecular weight is 549 g/mol. The molecule has 2 N–H and O–H groups in total. The third-order valence-corrected chi connectivity index (χ3v) is 12.9. The Morgan fingerprint density at radius 2 is 1.27 bits per heavy atom. The normalized spacial score (nSPS) is 14.4. The van der Waals surface area contributed by atoms with Gasteiger partial charge >= 0.3 is 0 Å². The maximum atomic E-state index is 13.4. The van der Waals surface area contributed by atoms with Crippen molar-refractivity contribution in [2.45, 2.75) is 45.7 Å². The lowest BCUT2D eigenvalue weighted by Gasteiger charge is -2.35. The topological polar surface area (TPSA) is 52.6 Å². The molecule has 1 aliphatic heterocycles. The van der Waals surface area contributed by atoms with Crippen molar-refractivity contribution in [3.05, 3.63) is 115 Å². The van der Waals surface area contributed by atoms with E-state index in [1.807, 2.05) is 29.2 Å². The maximum Gasteiger partial charge on any atom is 0.239 e. The van der Waals surface area contributed by atoms with Crippen molar-refractivity contribution in [3.63, 3.8) is 0 Å². The zero-order chi connectivity index (χ0) is 28.0. The number of hydrogen-bond acceptors (Lipinski definition) is 3. The van der Waals surface area contributed by atoms with Crippen LogP contribution in [0, 0.1) is 5.92 Å². The summed E-state index contributed by atoms with van der Waals surface area (Å²) < 4.78 is 0. The molecule has 1 heterocycles. The van der Waals surface area contributed by atoms with Crippen LogP contribution in [0.25, 0.3) is 0 Å². The SMILES string of the molecule is CC(C)C[C@H](NCc1cccc([Si](c2ccccc2)(c2ccccc2)c2ccccc2)c1O)C(=O)N1CCCC1. The molecule has 4 aromatic rings. The monoisotopic (exact) mass is 548 g/mol. The second kappa shape index (κ2) is 12.7. The Bertz CT molecular complexity index is 1290. The summed E-state index contributed by atoms with van der Waals surface area (Å²) in [5, 5.41) is 20.2. The summed E-state index contributed by atoms with van der Waals surface area (Å²) >= 11 is 0. The zero-order valence-electron chi connectivity index (χ0n) is 23.6. The van der Waals surface area contributed by atoms with Gasteiger partial charge in [0.25, 0.3) is 0 Å². The molecule has 0 bridgehead atoms. The van der Waals surface area contributed by atoms with Crippen LogP contribution in [0.3, 0.4) is 0 Å². The lowest BCUT2D eigenvalue weighted by molar-refractivity contribution is -0.132. The predicted molar refractivity (Wildman–Crippen MR) is 168 cm³/mol. The Morgan fingerprint density at radius 1 is 0.775 bits per heavy atom. The highest BCUT2D eigenvalue weighted by atomic mass is 28.3. The number of phenolic OH excluding ortho intramolecular Hbond substituents is 1. The standard InChI is InChI=1S/C35H40N2O2Si/c1-27(2)25-32(35(39)37-23-12-13-24-37)36-26-28-15-14-22-33(34(28)38)40(29-16-6-3-7-17-29,30-18-8-4-9-19-30)31-20-10-5-11-21-31/h3-11,14-22,27,32,36,38H,12-13,23-26H2,1-2H3/t32-/m0/s1. The molecule has 0 unspecified atom stereocenters. The van der Waals surface area contributed by atoms with Crippen LogP contribution < -0.4 is 26.1 Å². The molecule has 1 atom stereocenters. The maximum absolute atomic E-state index is 13.4. The molecule has 4 nitrogen and oxygen atoms in total. The van der Waals surface area contributed by atoms with Gasteiger partial charge in [0.1, 0.15) is 5.75 Å². The van der Waals surface area contributed by atoms with E-state index < -0.39 is 8.07 Å². The third kappa shape index (κ3) is 5.63. The second-order valence-corrected chi connectivity index (χ2v) is 15.0. The van der Waals surface area contributed by atoms with E-state index in [1.54, 1.807) is 0 Å². The summed E-state index contributed by atoms with van der Waals surface area (Å²) in [4.78, 5) is 15.4. The van der Waals surface area contributed by atoms with Crippen LogP contribution in [-0.4, -0.2) is 43.1 Å². The third-order valence-electron chi connectivity index (χ3n) is 8.11. The number of hydrogen-bond donors (Lipinski definition) is 2. The molecular formula is C35H40N2O2Si. The Morgan fingerprint density at radius 3 is 1.75 bits per heavy atom. The van der Waals surface area contributed by atoms with Gasteiger partial charge in [-0.3, -0.25) is 4.79 Å². The minimum absolute atomic E-state index is 0.184. The number of phenols is 1. The van der Waals surface area contributed by atoms with Gasteiger partial charge in [-0.2, -0.15) is 0 Å². The summed E-state index contributed by atoms with van der Waals surface area (Å²) in [6.07, 6.45) is 2.93. The molecule has 0 saturated carbocycles. The molecule has 0 aliphatic carbocycles. The van der Waals surface area contributed by atoms with Gasteiger partial charge in [-0.05, 0) is 45.9 Å². The molecule has 0 aromatic heterocycles. The van der Waals surface area contributed by atoms with E-state index in [1.165, 1.54) is 15.6 Å². The average Bonchev–Trinajstić information content (AvgIpc) is 3.53. The highest BCUT2D eigenvalue weighted by Gasteiger charge is 2.43. The van der Waals surface area contributed by atoms with E-state index in [0.29, 0.717) is 18.2 Å². The number of amides is 1. The Hall–Kier alpha value is -3.67. The number of nitrogens with one attached hydrogen (secondary N) is 1. The van der Waals surface area contributed by atoms with Crippen molar-refractivity contribution < 1.29 is 9.90 Å². The van der Waals surface area contributed by atoms with Gasteiger partial charge in [0, 0.05) is 25.2 Å². The van der Waals surface area contributed by atoms with Crippen LogP contribution in [0.2, 0.25) is 0 Å². The van der Waals surface area contributed by atoms with Gasteiger partial charge in [0.05, 0.1) is 6.04 Å². The number of carbonyl (C=O) groups is 1. The van der Waals surface area contributed by atoms with E-state index >= 15 is 0 Å². The number of benzene rings is 4. The zero-order valence-corrected chi connectivity index (χ0v) is 24.6. The number of likely N-dealkylation sites (tertiary alicyclic amines) is 1. The van der Waals surface area contributed by atoms with Gasteiger partial charge in [0.2, 0.25) is 5.91 Å². The first kappa shape index (κ1) is 27.9. The molecule has 0 radical (unpaired) electrons. The van der Waals surface area contributed by atoms with Crippen LogP contribution in [0.1, 0.15) is 38.7 Å². The molecule has 0 spiro atoms. The quantitative estimate of drug-likeness (QED) is 0.234. The lowest BCUT2D eigenvalue weighted by atomic mass is 10.0. The van der Waals surface area contributed by atoms with Gasteiger partial charge in [-0.25, -0.2) is 0 Å². The van der Waals surface area contributed by atoms with E-state index in [0.717, 1.165) is 43.1 Å². The highest BCUT2D eigenvalue weighted by molar-refractivity contribution is 7.20. The Labute approximate surface area is 239 Å². The first-order valence-electron chi connectivity index (χ1n) is 14.5. The second-order valence-electron chi connectivity index (χ2n) is 11.3. The first-order valence-corrected chi connectivity index (χ1v) is 16.5. The fourth-order valence-electron chi connectivity index (χ4n) is 6.20. The molecule has 4 aromatic carbocycles. The Balaban J connectivity index is 1.60. The van der Waals surface area contributed by atoms with Crippen LogP contribution in [0.15, 0.2) is 109 Å². The molecular weight excluding hydrogens is 508 g/mol. The Kier molecular flexibility index (Phi) is 8.83. The van der Waals surface area contributed by atoms with Crippen molar-refractivity contribution in [2.24, 2.45) is 5.92 Å². The summed E-state index contributed by atoms with van der Waals surface area (Å²) in [5.41, 5.74) is 0.820. The van der Waals surface area contributed by atoms with Gasteiger partial charge in [0.15, 0.2) is 8.07 Å². The largest absolute Gasteiger partial charge is 0.508 e.